The molecule has 0 saturated heterocycles. The molecule has 0 N–H and O–H groups in total. The fourth-order valence-electron chi connectivity index (χ4n) is 1.16. The van der Waals surface area contributed by atoms with Crippen LogP contribution >= 0.6 is 11.6 Å². The van der Waals surface area contributed by atoms with Crippen LogP contribution < -0.4 is 0 Å². The van der Waals surface area contributed by atoms with E-state index in [1.807, 2.05) is 0 Å². The molecule has 0 radical (unpaired) electrons. The van der Waals surface area contributed by atoms with Crippen molar-refractivity contribution in [3.63, 3.8) is 0 Å². The van der Waals surface area contributed by atoms with Crippen LogP contribution in [0.3, 0.4) is 0 Å². The third kappa shape index (κ3) is 1.24. The second kappa shape index (κ2) is 3.04. The second-order valence-electron chi connectivity index (χ2n) is 2.52. The zero-order valence-electron chi connectivity index (χ0n) is 6.66. The van der Waals surface area contributed by atoms with Crippen molar-refractivity contribution in [1.29, 1.82) is 0 Å². The molecule has 2 nitrogen and oxygen atoms in total. The van der Waals surface area contributed by atoms with Gasteiger partial charge in [0, 0.05) is 11.6 Å². The Balaban J connectivity index is 2.95. The summed E-state index contributed by atoms with van der Waals surface area (Å²) in [7, 11) is 0. The van der Waals surface area contributed by atoms with Gasteiger partial charge in [-0.1, -0.05) is 17.5 Å². The Morgan fingerprint density at radius 3 is 3.00 bits per heavy atom. The lowest BCUT2D eigenvalue weighted by Gasteiger charge is -2.00. The summed E-state index contributed by atoms with van der Waals surface area (Å²) in [5.74, 6) is 2.55. The van der Waals surface area contributed by atoms with Crippen molar-refractivity contribution in [3.05, 3.63) is 35.2 Å². The van der Waals surface area contributed by atoms with Gasteiger partial charge >= 0.3 is 0 Å². The average Bonchev–Trinajstić information content (AvgIpc) is 2.19. The molecule has 62 valence electrons. The molecule has 0 aliphatic heterocycles. The molecule has 1 heterocycles. The predicted octanol–water partition coefficient (Wildman–Crippen LogP) is 2.26. The summed E-state index contributed by atoms with van der Waals surface area (Å²) in [6.07, 6.45) is 8.43. The Kier molecular flexibility index (Phi) is 1.88. The Hall–Kier alpha value is -1.59. The van der Waals surface area contributed by atoms with E-state index in [0.29, 0.717) is 5.02 Å². The molecular formula is C10H5ClN2. The number of rotatable bonds is 0. The van der Waals surface area contributed by atoms with Crippen LogP contribution in [0, 0.1) is 12.3 Å². The maximum absolute atomic E-state index is 5.94. The number of fused-ring (bicyclic) bond motifs is 1. The van der Waals surface area contributed by atoms with Gasteiger partial charge < -0.3 is 0 Å². The number of nitrogens with zero attached hydrogens (tertiary/aromatic N) is 2. The lowest BCUT2D eigenvalue weighted by Crippen LogP contribution is -1.85. The first-order chi connectivity index (χ1) is 6.33. The van der Waals surface area contributed by atoms with Crippen LogP contribution in [0.25, 0.3) is 10.9 Å². The molecule has 13 heavy (non-hydrogen) atoms. The van der Waals surface area contributed by atoms with Crippen molar-refractivity contribution >= 4 is 22.5 Å². The SMILES string of the molecule is C#Cc1ccc(Cl)c2cncnc12. The van der Waals surface area contributed by atoms with Gasteiger partial charge in [-0.3, -0.25) is 0 Å². The van der Waals surface area contributed by atoms with Gasteiger partial charge in [0.15, 0.2) is 0 Å². The first-order valence-corrected chi connectivity index (χ1v) is 4.05. The minimum absolute atomic E-state index is 0.620. The molecule has 0 aliphatic rings. The maximum Gasteiger partial charge on any atom is 0.116 e. The Labute approximate surface area is 80.6 Å². The van der Waals surface area contributed by atoms with Crippen molar-refractivity contribution in [3.8, 4) is 12.3 Å². The highest BCUT2D eigenvalue weighted by Gasteiger charge is 2.03. The average molecular weight is 189 g/mol. The zero-order valence-corrected chi connectivity index (χ0v) is 7.42. The van der Waals surface area contributed by atoms with Crippen molar-refractivity contribution < 1.29 is 0 Å². The van der Waals surface area contributed by atoms with Crippen LogP contribution in [0.5, 0.6) is 0 Å². The first-order valence-electron chi connectivity index (χ1n) is 3.68. The molecule has 2 aromatic rings. The quantitative estimate of drug-likeness (QED) is 0.593. The van der Waals surface area contributed by atoms with Gasteiger partial charge in [-0.15, -0.1) is 6.42 Å². The van der Waals surface area contributed by atoms with E-state index in [-0.39, 0.29) is 0 Å². The number of benzene rings is 1. The molecule has 0 bridgehead atoms. The van der Waals surface area contributed by atoms with E-state index in [1.165, 1.54) is 6.33 Å². The van der Waals surface area contributed by atoms with Gasteiger partial charge in [0.05, 0.1) is 16.1 Å². The zero-order chi connectivity index (χ0) is 9.26. The van der Waals surface area contributed by atoms with E-state index in [4.69, 9.17) is 18.0 Å². The third-order valence-electron chi connectivity index (χ3n) is 1.78. The predicted molar refractivity (Wildman–Crippen MR) is 52.5 cm³/mol. The number of terminal acetylenes is 1. The fourth-order valence-corrected chi connectivity index (χ4v) is 1.36. The van der Waals surface area contributed by atoms with E-state index in [9.17, 15) is 0 Å². The molecule has 0 fully saturated rings. The van der Waals surface area contributed by atoms with Gasteiger partial charge in [-0.05, 0) is 12.1 Å². The first kappa shape index (κ1) is 8.03. The third-order valence-corrected chi connectivity index (χ3v) is 2.11. The summed E-state index contributed by atoms with van der Waals surface area (Å²) in [6, 6.07) is 3.53. The Morgan fingerprint density at radius 2 is 2.23 bits per heavy atom. The van der Waals surface area contributed by atoms with Crippen LogP contribution in [-0.2, 0) is 0 Å². The van der Waals surface area contributed by atoms with Crippen molar-refractivity contribution in [2.75, 3.05) is 0 Å². The second-order valence-corrected chi connectivity index (χ2v) is 2.93. The van der Waals surface area contributed by atoms with Crippen LogP contribution in [0.1, 0.15) is 5.56 Å². The highest BCUT2D eigenvalue weighted by molar-refractivity contribution is 6.35. The molecule has 0 aliphatic carbocycles. The summed E-state index contributed by atoms with van der Waals surface area (Å²) in [5.41, 5.74) is 1.46. The van der Waals surface area contributed by atoms with E-state index in [0.717, 1.165) is 16.5 Å². The topological polar surface area (TPSA) is 25.8 Å². The molecule has 3 heteroatoms. The number of hydrogen-bond acceptors (Lipinski definition) is 2. The minimum Gasteiger partial charge on any atom is -0.244 e. The largest absolute Gasteiger partial charge is 0.244 e. The molecule has 1 aromatic carbocycles. The van der Waals surface area contributed by atoms with Crippen LogP contribution in [0.15, 0.2) is 24.7 Å². The van der Waals surface area contributed by atoms with Crippen molar-refractivity contribution in [2.45, 2.75) is 0 Å². The summed E-state index contributed by atoms with van der Waals surface area (Å²) >= 11 is 5.94. The smallest absolute Gasteiger partial charge is 0.116 e. The minimum atomic E-state index is 0.620. The summed E-state index contributed by atoms with van der Waals surface area (Å²) in [6.45, 7) is 0. The van der Waals surface area contributed by atoms with Crippen LogP contribution in [-0.4, -0.2) is 9.97 Å². The van der Waals surface area contributed by atoms with Crippen LogP contribution in [0.2, 0.25) is 5.02 Å². The maximum atomic E-state index is 5.94. The van der Waals surface area contributed by atoms with Crippen molar-refractivity contribution in [2.24, 2.45) is 0 Å². The van der Waals surface area contributed by atoms with Crippen molar-refractivity contribution in [1.82, 2.24) is 9.97 Å². The fraction of sp³-hybridized carbons (Fsp3) is 0. The highest BCUT2D eigenvalue weighted by atomic mass is 35.5. The van der Waals surface area contributed by atoms with E-state index in [1.54, 1.807) is 18.3 Å². The summed E-state index contributed by atoms with van der Waals surface area (Å²) in [5, 5.41) is 1.41. The summed E-state index contributed by atoms with van der Waals surface area (Å²) in [4.78, 5) is 7.96. The number of aromatic nitrogens is 2. The number of hydrogen-bond donors (Lipinski definition) is 0. The Morgan fingerprint density at radius 1 is 1.38 bits per heavy atom. The van der Waals surface area contributed by atoms with E-state index < -0.39 is 0 Å². The molecule has 0 atom stereocenters. The van der Waals surface area contributed by atoms with Crippen LogP contribution in [0.4, 0.5) is 0 Å². The molecule has 1 aromatic heterocycles. The standard InChI is InChI=1S/C10H5ClN2/c1-2-7-3-4-9(11)8-5-12-6-13-10(7)8/h1,3-6H. The highest BCUT2D eigenvalue weighted by Crippen LogP contribution is 2.23. The van der Waals surface area contributed by atoms with Gasteiger partial charge in [0.1, 0.15) is 6.33 Å². The molecule has 2 rings (SSSR count). The van der Waals surface area contributed by atoms with Gasteiger partial charge in [0.2, 0.25) is 0 Å². The number of halogens is 1. The van der Waals surface area contributed by atoms with E-state index in [2.05, 4.69) is 15.9 Å². The molecular weight excluding hydrogens is 184 g/mol. The lowest BCUT2D eigenvalue weighted by atomic mass is 10.1. The molecule has 0 unspecified atom stereocenters. The molecule has 0 saturated carbocycles. The lowest BCUT2D eigenvalue weighted by molar-refractivity contribution is 1.22. The Bertz CT molecular complexity index is 500. The van der Waals surface area contributed by atoms with Gasteiger partial charge in [0.25, 0.3) is 0 Å². The molecule has 0 spiro atoms. The summed E-state index contributed by atoms with van der Waals surface area (Å²) < 4.78 is 0. The monoisotopic (exact) mass is 188 g/mol. The van der Waals surface area contributed by atoms with E-state index >= 15 is 0 Å². The van der Waals surface area contributed by atoms with Gasteiger partial charge in [-0.25, -0.2) is 9.97 Å². The molecule has 0 amide bonds. The normalized spacial score (nSPS) is 9.85. The van der Waals surface area contributed by atoms with Gasteiger partial charge in [-0.2, -0.15) is 0 Å².